The number of anilines is 7. The molecule has 0 unspecified atom stereocenters. The van der Waals surface area contributed by atoms with Gasteiger partial charge in [0.25, 0.3) is 0 Å². The Morgan fingerprint density at radius 2 is 0.862 bits per heavy atom. The van der Waals surface area contributed by atoms with Crippen molar-refractivity contribution in [2.45, 2.75) is 147 Å². The van der Waals surface area contributed by atoms with Crippen molar-refractivity contribution in [3.63, 3.8) is 0 Å². The summed E-state index contributed by atoms with van der Waals surface area (Å²) in [5, 5.41) is 32.5. The lowest BCUT2D eigenvalue weighted by Gasteiger charge is -2.27. The molecule has 32 nitrogen and oxygen atoms in total. The van der Waals surface area contributed by atoms with E-state index in [4.69, 9.17) is 66.1 Å². The van der Waals surface area contributed by atoms with Crippen LogP contribution in [0, 0.1) is 50.3 Å². The van der Waals surface area contributed by atoms with Gasteiger partial charge in [-0.15, -0.1) is 11.3 Å². The lowest BCUT2D eigenvalue weighted by molar-refractivity contribution is -0.143. The minimum absolute atomic E-state index is 0.0177. The molecule has 4 saturated carbocycles. The molecule has 4 aromatic carbocycles. The highest BCUT2D eigenvalue weighted by molar-refractivity contribution is 9.10. The average molecular weight is 1970 g/mol. The average Bonchev–Trinajstić information content (AvgIpc) is 1.61. The second-order valence-electron chi connectivity index (χ2n) is 36.0. The summed E-state index contributed by atoms with van der Waals surface area (Å²) >= 11 is 18.0. The highest BCUT2D eigenvalue weighted by Crippen LogP contribution is 2.48. The molecule has 4 aliphatic rings. The molecule has 0 bridgehead atoms. The van der Waals surface area contributed by atoms with Gasteiger partial charge in [0.2, 0.25) is 17.7 Å². The molecular weight excluding hydrogens is 1870 g/mol. The number of para-hydroxylation sites is 2. The first-order chi connectivity index (χ1) is 66.9. The number of carbonyl (C=O) groups is 4. The number of amides is 3. The fourth-order valence-electron chi connectivity index (χ4n) is 19.9. The predicted octanol–water partition coefficient (Wildman–Crippen LogP) is 20.8. The van der Waals surface area contributed by atoms with Gasteiger partial charge in [-0.05, 0) is 230 Å². The van der Waals surface area contributed by atoms with E-state index in [-0.39, 0.29) is 70.9 Å². The SMILES string of the molecule is Cc1ccc(NC(=O)C2CCC(c3nc(-c4cc5cccc(Cl)c5[nH]4)c4c(N)ncnn34)CC2)cn1.Cc1ccc(NC(=O)C2CCC(c3nc(-c4cc5cccc(Cl)c5s4)c4c(N)nccn34)CC2)cn1.Cc1ccc(NC(=O)C2CCC(c3nc(-c4ccc5ccn(C)c5c4F)c4c(N)nccn34)CC2)cn1.Nc1ncnn2c(C3CCC(C(=O)O)CC3)nc(-c3cc4cccc(Br)c4[nH]3)c12. The number of rotatable bonds is 15. The number of benzene rings is 4. The summed E-state index contributed by atoms with van der Waals surface area (Å²) in [7, 11) is 1.83. The second kappa shape index (κ2) is 38.5. The highest BCUT2D eigenvalue weighted by Gasteiger charge is 2.38. The van der Waals surface area contributed by atoms with Gasteiger partial charge in [0.15, 0.2) is 17.5 Å². The predicted molar refractivity (Wildman–Crippen MR) is 539 cm³/mol. The molecular formula is C101H97BrCl2FN27O5S. The van der Waals surface area contributed by atoms with E-state index < -0.39 is 5.97 Å². The van der Waals surface area contributed by atoms with Gasteiger partial charge in [-0.25, -0.2) is 53.3 Å². The monoisotopic (exact) mass is 1970 g/mol. The molecule has 14 N–H and O–H groups in total. The van der Waals surface area contributed by atoms with Gasteiger partial charge in [0, 0.05) is 123 Å². The first-order valence-corrected chi connectivity index (χ1v) is 48.4. The van der Waals surface area contributed by atoms with Crippen LogP contribution >= 0.6 is 50.5 Å². The minimum Gasteiger partial charge on any atom is -0.481 e. The number of aromatic nitrogens is 20. The van der Waals surface area contributed by atoms with Crippen LogP contribution in [0.3, 0.4) is 0 Å². The van der Waals surface area contributed by atoms with Crippen LogP contribution in [0.4, 0.5) is 44.7 Å². The summed E-state index contributed by atoms with van der Waals surface area (Å²) < 4.78 is 27.1. The molecule has 4 fully saturated rings. The number of carboxylic acid groups (broad SMARTS) is 1. The fraction of sp³-hybridized carbons (Fsp3) is 0.277. The molecule has 0 spiro atoms. The van der Waals surface area contributed by atoms with Gasteiger partial charge in [-0.2, -0.15) is 10.2 Å². The quantitative estimate of drug-likeness (QED) is 0.0456. The molecule has 15 aromatic heterocycles. The van der Waals surface area contributed by atoms with Crippen LogP contribution in [0.2, 0.25) is 10.0 Å². The summed E-state index contributed by atoms with van der Waals surface area (Å²) in [6.45, 7) is 5.76. The molecule has 3 amide bonds. The fourth-order valence-corrected chi connectivity index (χ4v) is 22.0. The zero-order valence-corrected chi connectivity index (χ0v) is 79.6. The van der Waals surface area contributed by atoms with Gasteiger partial charge in [0.1, 0.15) is 92.4 Å². The maximum atomic E-state index is 15.7. The largest absolute Gasteiger partial charge is 0.481 e. The van der Waals surface area contributed by atoms with Crippen molar-refractivity contribution in [2.75, 3.05) is 38.9 Å². The Morgan fingerprint density at radius 1 is 0.442 bits per heavy atom. The summed E-state index contributed by atoms with van der Waals surface area (Å²) in [5.74, 6) is 4.22. The summed E-state index contributed by atoms with van der Waals surface area (Å²) in [6, 6.07) is 40.7. The molecule has 19 aromatic rings. The maximum Gasteiger partial charge on any atom is 0.306 e. The third kappa shape index (κ3) is 18.1. The normalized spacial score (nSPS) is 18.4. The molecule has 15 heterocycles. The molecule has 138 heavy (non-hydrogen) atoms. The second-order valence-corrected chi connectivity index (χ2v) is 38.8. The van der Waals surface area contributed by atoms with Crippen LogP contribution in [-0.4, -0.2) is 126 Å². The number of thiophene rings is 1. The van der Waals surface area contributed by atoms with Crippen molar-refractivity contribution in [2.24, 2.45) is 30.7 Å². The molecule has 0 aliphatic heterocycles. The number of halogens is 4. The highest BCUT2D eigenvalue weighted by atomic mass is 79.9. The molecule has 0 atom stereocenters. The third-order valence-corrected chi connectivity index (χ3v) is 29.8. The van der Waals surface area contributed by atoms with E-state index in [2.05, 4.69) is 103 Å². The number of carboxylic acids is 1. The van der Waals surface area contributed by atoms with E-state index in [0.29, 0.717) is 91.5 Å². The van der Waals surface area contributed by atoms with E-state index in [1.807, 2.05) is 160 Å². The number of aliphatic carboxylic acids is 1. The first-order valence-electron chi connectivity index (χ1n) is 46.0. The summed E-state index contributed by atoms with van der Waals surface area (Å²) in [6.07, 6.45) is 29.4. The number of pyridine rings is 3. The van der Waals surface area contributed by atoms with Gasteiger partial charge in [-0.3, -0.25) is 42.9 Å². The zero-order chi connectivity index (χ0) is 95.4. The molecule has 0 saturated heterocycles. The number of nitrogens with zero attached hydrogens (tertiary/aromatic N) is 18. The Kier molecular flexibility index (Phi) is 25.4. The van der Waals surface area contributed by atoms with Crippen LogP contribution in [0.1, 0.15) is 167 Å². The number of H-pyrrole nitrogens is 2. The number of nitrogen functional groups attached to an aromatic ring is 4. The maximum absolute atomic E-state index is 15.7. The first kappa shape index (κ1) is 91.1. The van der Waals surface area contributed by atoms with E-state index in [1.165, 1.54) is 12.7 Å². The van der Waals surface area contributed by atoms with Crippen LogP contribution < -0.4 is 38.9 Å². The van der Waals surface area contributed by atoms with Crippen molar-refractivity contribution < 1.29 is 28.7 Å². The van der Waals surface area contributed by atoms with Gasteiger partial charge < -0.3 is 58.5 Å². The Labute approximate surface area is 811 Å². The lowest BCUT2D eigenvalue weighted by atomic mass is 9.81. The van der Waals surface area contributed by atoms with Gasteiger partial charge in [0.05, 0.1) is 89.1 Å². The van der Waals surface area contributed by atoms with Gasteiger partial charge >= 0.3 is 5.97 Å². The molecule has 4 aliphatic carbocycles. The van der Waals surface area contributed by atoms with E-state index in [9.17, 15) is 24.3 Å². The zero-order valence-electron chi connectivity index (χ0n) is 75.7. The topological polar surface area (TPSA) is 450 Å². The number of nitrogens with two attached hydrogens (primary N) is 4. The van der Waals surface area contributed by atoms with Crippen LogP contribution in [0.25, 0.3) is 109 Å². The number of aromatic amines is 2. The Morgan fingerprint density at radius 3 is 1.32 bits per heavy atom. The summed E-state index contributed by atoms with van der Waals surface area (Å²) in [4.78, 5) is 107. The lowest BCUT2D eigenvalue weighted by Crippen LogP contribution is -2.27. The van der Waals surface area contributed by atoms with Crippen molar-refractivity contribution in [1.29, 1.82) is 0 Å². The number of aryl methyl sites for hydroxylation is 4. The number of carbonyl (C=O) groups excluding carboxylic acids is 3. The van der Waals surface area contributed by atoms with Crippen molar-refractivity contribution >= 4 is 179 Å². The van der Waals surface area contributed by atoms with E-state index in [1.54, 1.807) is 62.0 Å². The number of hydrogen-bond acceptors (Lipinski definition) is 22. The van der Waals surface area contributed by atoms with Crippen LogP contribution in [0.5, 0.6) is 0 Å². The van der Waals surface area contributed by atoms with Crippen LogP contribution in [-0.2, 0) is 26.2 Å². The number of fused-ring (bicyclic) bond motifs is 8. The Bertz CT molecular complexity index is 7630. The number of nitrogens with one attached hydrogen (secondary N) is 5. The molecule has 700 valence electrons. The number of imidazole rings is 4. The standard InChI is InChI=1S/C28H28FN7O.C27H25ClN6OS.C26H25ClN8O.C20H19BrN6O2/c1-16-3-9-20(15-32-16)33-28(37)19-6-4-18(5-7-19)27-34-23(25-26(30)31-12-14-36(25)27)21-10-8-17-11-13-35(2)24(17)22(21)29;1-15-5-10-19(14-31-15)32-27(35)17-8-6-16(7-9-17)26-33-22(23-25(29)30-11-12-34(23)26)21-13-18-3-2-4-20(28)24(18)36-21;1-14-5-10-18(12-29-14)32-26(36)16-8-6-15(7-9-16)25-34-22(23-24(28)30-13-31-35(23)25)20-11-17-3-2-4-19(27)21(17)33-20;21-13-3-1-2-12-8-14(25-15(12)13)16-17-18(22)23-9-24-27(17)19(26-16)10-4-6-11(7-5-10)20(28)29/h3,8-15,18-19H,4-7H2,1-2H3,(H2,30,31)(H,33,37);2-5,10-14,16-17H,6-9H2,1H3,(H2,29,30)(H,32,35);2-5,10-13,15-16,33H,6-9H2,1H3,(H,32,36)(H2,28,30,31);1-3,8-11,25H,4-7H2,(H,28,29)(H2,22,23,24). The molecule has 23 rings (SSSR count). The van der Waals surface area contributed by atoms with Crippen LogP contribution in [0.15, 0.2) is 194 Å². The minimum atomic E-state index is -0.715. The smallest absolute Gasteiger partial charge is 0.306 e. The Balaban J connectivity index is 0.000000114. The van der Waals surface area contributed by atoms with Gasteiger partial charge in [-0.1, -0.05) is 65.7 Å². The van der Waals surface area contributed by atoms with E-state index in [0.717, 1.165) is 216 Å². The Hall–Kier alpha value is -14.7. The van der Waals surface area contributed by atoms with E-state index >= 15 is 4.39 Å². The molecule has 37 heteroatoms. The van der Waals surface area contributed by atoms with Crippen molar-refractivity contribution in [3.05, 3.63) is 250 Å². The summed E-state index contributed by atoms with van der Waals surface area (Å²) in [5.41, 5.74) is 40.0. The number of hydrogen-bond donors (Lipinski definition) is 10. The molecule has 0 radical (unpaired) electrons. The van der Waals surface area contributed by atoms with Crippen molar-refractivity contribution in [1.82, 2.24) is 97.4 Å². The van der Waals surface area contributed by atoms with Crippen molar-refractivity contribution in [3.8, 4) is 44.6 Å². The third-order valence-electron chi connectivity index (χ3n) is 27.2.